The smallest absolute Gasteiger partial charge is 0.223 e. The van der Waals surface area contributed by atoms with Crippen LogP contribution in [0.15, 0.2) is 28.7 Å². The van der Waals surface area contributed by atoms with Crippen LogP contribution in [0.25, 0.3) is 10.2 Å². The molecule has 0 aliphatic heterocycles. The minimum Gasteiger partial charge on any atom is -0.368 e. The van der Waals surface area contributed by atoms with Gasteiger partial charge in [0.1, 0.15) is 10.6 Å². The van der Waals surface area contributed by atoms with Crippen molar-refractivity contribution < 1.29 is 0 Å². The second-order valence-corrected chi connectivity index (χ2v) is 6.67. The summed E-state index contributed by atoms with van der Waals surface area (Å²) < 4.78 is 0.791. The van der Waals surface area contributed by atoms with E-state index < -0.39 is 0 Å². The number of halogens is 2. The molecule has 0 unspecified atom stereocenters. The van der Waals surface area contributed by atoms with E-state index in [1.165, 1.54) is 0 Å². The molecule has 3 aromatic rings. The van der Waals surface area contributed by atoms with Crippen molar-refractivity contribution in [2.45, 2.75) is 6.92 Å². The quantitative estimate of drug-likeness (QED) is 0.684. The van der Waals surface area contributed by atoms with E-state index in [0.717, 1.165) is 25.3 Å². The van der Waals surface area contributed by atoms with Crippen LogP contribution in [0, 0.1) is 6.92 Å². The summed E-state index contributed by atoms with van der Waals surface area (Å²) in [6, 6.07) is 7.64. The number of hydrogen-bond acceptors (Lipinski definition) is 5. The van der Waals surface area contributed by atoms with Crippen molar-refractivity contribution in [1.29, 1.82) is 0 Å². The Labute approximate surface area is 133 Å². The van der Waals surface area contributed by atoms with Gasteiger partial charge < -0.3 is 11.1 Å². The molecule has 0 aliphatic carbocycles. The van der Waals surface area contributed by atoms with Crippen LogP contribution in [-0.2, 0) is 0 Å². The molecule has 2 heterocycles. The van der Waals surface area contributed by atoms with Crippen molar-refractivity contribution in [3.63, 3.8) is 0 Å². The van der Waals surface area contributed by atoms with Crippen LogP contribution in [0.4, 0.5) is 17.5 Å². The number of rotatable bonds is 2. The molecule has 0 saturated heterocycles. The van der Waals surface area contributed by atoms with Crippen molar-refractivity contribution in [2.75, 3.05) is 11.1 Å². The zero-order chi connectivity index (χ0) is 14.3. The van der Waals surface area contributed by atoms with Crippen molar-refractivity contribution in [3.8, 4) is 0 Å². The van der Waals surface area contributed by atoms with E-state index >= 15 is 0 Å². The molecule has 20 heavy (non-hydrogen) atoms. The zero-order valence-electron chi connectivity index (χ0n) is 10.4. The number of nitrogens with zero attached hydrogens (tertiary/aromatic N) is 2. The Morgan fingerprint density at radius 3 is 2.95 bits per heavy atom. The molecule has 4 nitrogen and oxygen atoms in total. The van der Waals surface area contributed by atoms with Crippen LogP contribution in [-0.4, -0.2) is 9.97 Å². The van der Waals surface area contributed by atoms with Crippen LogP contribution >= 0.6 is 38.9 Å². The molecule has 0 radical (unpaired) electrons. The van der Waals surface area contributed by atoms with Gasteiger partial charge in [0.2, 0.25) is 5.95 Å². The lowest BCUT2D eigenvalue weighted by atomic mass is 10.3. The molecule has 0 saturated carbocycles. The highest BCUT2D eigenvalue weighted by Gasteiger charge is 2.11. The summed E-state index contributed by atoms with van der Waals surface area (Å²) in [7, 11) is 0. The number of aromatic nitrogens is 2. The molecule has 0 bridgehead atoms. The predicted octanol–water partition coefficient (Wildman–Crippen LogP) is 4.74. The largest absolute Gasteiger partial charge is 0.368 e. The van der Waals surface area contributed by atoms with E-state index in [1.54, 1.807) is 11.3 Å². The number of nitrogens with two attached hydrogens (primary N) is 1. The summed E-state index contributed by atoms with van der Waals surface area (Å²) in [5.74, 6) is 0.930. The average Bonchev–Trinajstić information content (AvgIpc) is 2.75. The van der Waals surface area contributed by atoms with E-state index in [0.29, 0.717) is 10.8 Å². The Morgan fingerprint density at radius 1 is 1.35 bits per heavy atom. The van der Waals surface area contributed by atoms with E-state index in [1.807, 2.05) is 31.2 Å². The van der Waals surface area contributed by atoms with Gasteiger partial charge in [-0.2, -0.15) is 4.98 Å². The third kappa shape index (κ3) is 2.46. The van der Waals surface area contributed by atoms with Crippen LogP contribution in [0.1, 0.15) is 4.88 Å². The Hall–Kier alpha value is -1.37. The molecule has 0 aliphatic rings. The van der Waals surface area contributed by atoms with Crippen LogP contribution in [0.5, 0.6) is 0 Å². The fourth-order valence-corrected chi connectivity index (χ4v) is 3.31. The van der Waals surface area contributed by atoms with Gasteiger partial charge >= 0.3 is 0 Å². The predicted molar refractivity (Wildman–Crippen MR) is 89.0 cm³/mol. The summed E-state index contributed by atoms with van der Waals surface area (Å²) in [5.41, 5.74) is 6.60. The topological polar surface area (TPSA) is 63.8 Å². The van der Waals surface area contributed by atoms with Crippen molar-refractivity contribution in [2.24, 2.45) is 0 Å². The van der Waals surface area contributed by atoms with Gasteiger partial charge in [-0.15, -0.1) is 11.3 Å². The van der Waals surface area contributed by atoms with E-state index in [9.17, 15) is 0 Å². The van der Waals surface area contributed by atoms with Crippen molar-refractivity contribution >= 4 is 66.5 Å². The summed E-state index contributed by atoms with van der Waals surface area (Å²) in [4.78, 5) is 10.6. The molecule has 2 aromatic heterocycles. The molecule has 7 heteroatoms. The van der Waals surface area contributed by atoms with Crippen molar-refractivity contribution in [1.82, 2.24) is 9.97 Å². The minimum atomic E-state index is 0.250. The number of benzene rings is 1. The maximum Gasteiger partial charge on any atom is 0.223 e. The first-order valence-electron chi connectivity index (χ1n) is 5.79. The highest BCUT2D eigenvalue weighted by atomic mass is 79.9. The average molecular weight is 370 g/mol. The second kappa shape index (κ2) is 5.20. The third-order valence-electron chi connectivity index (χ3n) is 2.74. The minimum absolute atomic E-state index is 0.250. The first-order chi connectivity index (χ1) is 9.54. The molecule has 1 aromatic carbocycles. The third-order valence-corrected chi connectivity index (χ3v) is 5.08. The van der Waals surface area contributed by atoms with Gasteiger partial charge in [-0.25, -0.2) is 4.98 Å². The standard InChI is InChI=1S/C13H10BrClN4S/c1-6-5-7-11(18-13(16)19-12(7)20-6)17-9-4-2-3-8(15)10(9)14/h2-5H,1H3,(H3,16,17,18,19). The zero-order valence-corrected chi connectivity index (χ0v) is 13.6. The molecular formula is C13H10BrClN4S. The lowest BCUT2D eigenvalue weighted by Gasteiger charge is -2.10. The number of thiophene rings is 1. The van der Waals surface area contributed by atoms with Crippen LogP contribution in [0.2, 0.25) is 5.02 Å². The Kier molecular flexibility index (Phi) is 3.54. The monoisotopic (exact) mass is 368 g/mol. The molecule has 0 fully saturated rings. The first kappa shape index (κ1) is 13.6. The second-order valence-electron chi connectivity index (χ2n) is 4.23. The van der Waals surface area contributed by atoms with Gasteiger partial charge in [0.25, 0.3) is 0 Å². The van der Waals surface area contributed by atoms with Gasteiger partial charge in [-0.05, 0) is 41.1 Å². The molecule has 0 atom stereocenters. The molecule has 3 rings (SSSR count). The summed E-state index contributed by atoms with van der Waals surface area (Å²) >= 11 is 11.1. The summed E-state index contributed by atoms with van der Waals surface area (Å²) in [5, 5.41) is 4.84. The Morgan fingerprint density at radius 2 is 2.15 bits per heavy atom. The van der Waals surface area contributed by atoms with Crippen LogP contribution < -0.4 is 11.1 Å². The number of anilines is 3. The number of aryl methyl sites for hydroxylation is 1. The van der Waals surface area contributed by atoms with Gasteiger partial charge in [-0.1, -0.05) is 17.7 Å². The highest BCUT2D eigenvalue weighted by molar-refractivity contribution is 9.10. The lowest BCUT2D eigenvalue weighted by molar-refractivity contribution is 1.24. The molecule has 3 N–H and O–H groups in total. The number of nitrogens with one attached hydrogen (secondary N) is 1. The first-order valence-corrected chi connectivity index (χ1v) is 7.78. The number of nitrogen functional groups attached to an aromatic ring is 1. The summed E-state index contributed by atoms with van der Waals surface area (Å²) in [6.07, 6.45) is 0. The number of hydrogen-bond donors (Lipinski definition) is 2. The number of fused-ring (bicyclic) bond motifs is 1. The van der Waals surface area contributed by atoms with Gasteiger partial charge in [0, 0.05) is 4.88 Å². The Bertz CT molecular complexity index is 802. The van der Waals surface area contributed by atoms with Gasteiger partial charge in [0.15, 0.2) is 0 Å². The fourth-order valence-electron chi connectivity index (χ4n) is 1.88. The SMILES string of the molecule is Cc1cc2c(Nc3cccc(Cl)c3Br)nc(N)nc2s1. The van der Waals surface area contributed by atoms with E-state index in [4.69, 9.17) is 17.3 Å². The Balaban J connectivity index is 2.12. The highest BCUT2D eigenvalue weighted by Crippen LogP contribution is 2.35. The van der Waals surface area contributed by atoms with Crippen molar-refractivity contribution in [3.05, 3.63) is 38.6 Å². The molecule has 0 spiro atoms. The summed E-state index contributed by atoms with van der Waals surface area (Å²) in [6.45, 7) is 2.03. The van der Waals surface area contributed by atoms with Gasteiger partial charge in [0.05, 0.1) is 20.6 Å². The fraction of sp³-hybridized carbons (Fsp3) is 0.0769. The lowest BCUT2D eigenvalue weighted by Crippen LogP contribution is -2.00. The maximum atomic E-state index is 6.09. The van der Waals surface area contributed by atoms with E-state index in [-0.39, 0.29) is 5.95 Å². The van der Waals surface area contributed by atoms with Gasteiger partial charge in [-0.3, -0.25) is 0 Å². The molecule has 0 amide bonds. The maximum absolute atomic E-state index is 6.09. The normalized spacial score (nSPS) is 10.9. The van der Waals surface area contributed by atoms with E-state index in [2.05, 4.69) is 31.2 Å². The molecule has 102 valence electrons. The molecular weight excluding hydrogens is 360 g/mol. The van der Waals surface area contributed by atoms with Crippen LogP contribution in [0.3, 0.4) is 0 Å².